The van der Waals surface area contributed by atoms with E-state index in [-0.39, 0.29) is 27.7 Å². The molecule has 0 bridgehead atoms. The zero-order valence-corrected chi connectivity index (χ0v) is 28.2. The first kappa shape index (κ1) is 41.4. The molecular formula is C28H35N5O10S3. The van der Waals surface area contributed by atoms with Crippen LogP contribution in [0, 0.1) is 6.92 Å². The van der Waals surface area contributed by atoms with Gasteiger partial charge >= 0.3 is 10.6 Å². The first-order chi connectivity index (χ1) is 21.5. The Labute approximate surface area is 269 Å². The number of fused-ring (bicyclic) bond motifs is 1. The fraction of sp³-hybridized carbons (Fsp3) is 0.214. The number of aryl methyl sites for hydroxylation is 1. The maximum absolute atomic E-state index is 11.6. The molecule has 46 heavy (non-hydrogen) atoms. The van der Waals surface area contributed by atoms with E-state index in [1.165, 1.54) is 24.3 Å². The number of benzene rings is 4. The van der Waals surface area contributed by atoms with Crippen molar-refractivity contribution < 1.29 is 43.7 Å². The van der Waals surface area contributed by atoms with E-state index in [0.717, 1.165) is 5.56 Å². The number of hydrogen-bond donors (Lipinski definition) is 4. The molecule has 4 rings (SSSR count). The molecule has 0 heterocycles. The molecule has 15 nitrogen and oxygen atoms in total. The summed E-state index contributed by atoms with van der Waals surface area (Å²) in [5.41, 5.74) is 8.20. The predicted octanol–water partition coefficient (Wildman–Crippen LogP) is 7.07. The number of nitrogens with two attached hydrogens (primary N) is 1. The second-order valence-corrected chi connectivity index (χ2v) is 11.4. The Kier molecular flexibility index (Phi) is 17.7. The van der Waals surface area contributed by atoms with E-state index in [2.05, 4.69) is 20.5 Å². The molecular weight excluding hydrogens is 663 g/mol. The molecule has 4 aromatic rings. The second kappa shape index (κ2) is 19.7. The Morgan fingerprint density at radius 3 is 1.65 bits per heavy atom. The van der Waals surface area contributed by atoms with Crippen LogP contribution in [0.15, 0.2) is 98.1 Å². The van der Waals surface area contributed by atoms with Gasteiger partial charge in [-0.05, 0) is 54.3 Å². The lowest BCUT2D eigenvalue weighted by molar-refractivity contribution is 0.482. The standard InChI is InChI=1S/C23H19N5O4S.2C2H6.CH4O3S.O3S/c1-14-7-12-20(33(30,31)32)19(13-14)28-27-18-11-9-15-8-10-17(22(24)21(15)23(18)29)26-25-16-5-3-2-4-6-16;2*1-2;1-5(2,3)4;1-4(2)3/h2-13,29H,24H2,1H3,(H,30,31,32);2*1-2H3;1H3,(H,2,3,4);. The van der Waals surface area contributed by atoms with Crippen LogP contribution < -0.4 is 5.73 Å². The second-order valence-electron chi connectivity index (χ2n) is 8.15. The number of phenols is 1. The van der Waals surface area contributed by atoms with Gasteiger partial charge in [0, 0.05) is 0 Å². The largest absolute Gasteiger partial charge is 0.505 e. The van der Waals surface area contributed by atoms with Gasteiger partial charge in [0.2, 0.25) is 0 Å². The van der Waals surface area contributed by atoms with Crippen LogP contribution in [0.3, 0.4) is 0 Å². The molecule has 0 aliphatic rings. The summed E-state index contributed by atoms with van der Waals surface area (Å²) in [6, 6.07) is 20.0. The molecule has 0 amide bonds. The summed E-state index contributed by atoms with van der Waals surface area (Å²) in [5.74, 6) is -0.244. The van der Waals surface area contributed by atoms with Gasteiger partial charge in [-0.15, -0.1) is 28.0 Å². The zero-order valence-electron chi connectivity index (χ0n) is 25.7. The highest BCUT2D eigenvalue weighted by molar-refractivity contribution is 7.86. The van der Waals surface area contributed by atoms with Crippen LogP contribution >= 0.6 is 0 Å². The van der Waals surface area contributed by atoms with Crippen LogP contribution in [0.25, 0.3) is 10.8 Å². The maximum Gasteiger partial charge on any atom is 0.425 e. The van der Waals surface area contributed by atoms with Crippen molar-refractivity contribution in [3.8, 4) is 5.75 Å². The summed E-state index contributed by atoms with van der Waals surface area (Å²) in [5, 5.41) is 28.1. The Bertz CT molecular complexity index is 1970. The lowest BCUT2D eigenvalue weighted by atomic mass is 10.1. The lowest BCUT2D eigenvalue weighted by Crippen LogP contribution is -1.98. The molecule has 0 atom stereocenters. The summed E-state index contributed by atoms with van der Waals surface area (Å²) < 4.78 is 83.9. The quantitative estimate of drug-likeness (QED) is 0.0931. The van der Waals surface area contributed by atoms with Crippen LogP contribution in [0.4, 0.5) is 28.4 Å². The van der Waals surface area contributed by atoms with E-state index in [9.17, 15) is 26.5 Å². The SMILES string of the molecule is CC.CC.CS(=O)(=O)O.Cc1ccc(S(=O)(=O)O)c(N=Nc2ccc3ccc(N=Nc4ccccc4)c(N)c3c2O)c1.O=S(=O)=O. The molecule has 0 saturated heterocycles. The minimum Gasteiger partial charge on any atom is -0.505 e. The number of azo groups is 2. The molecule has 0 saturated carbocycles. The van der Waals surface area contributed by atoms with Crippen molar-refractivity contribution >= 4 is 70.1 Å². The van der Waals surface area contributed by atoms with Gasteiger partial charge in [-0.2, -0.15) is 21.9 Å². The normalized spacial score (nSPS) is 10.8. The molecule has 4 aromatic carbocycles. The Morgan fingerprint density at radius 1 is 0.696 bits per heavy atom. The van der Waals surface area contributed by atoms with E-state index >= 15 is 0 Å². The summed E-state index contributed by atoms with van der Waals surface area (Å²) in [4.78, 5) is -0.389. The summed E-state index contributed by atoms with van der Waals surface area (Å²) in [7, 11) is -11.3. The van der Waals surface area contributed by atoms with Gasteiger partial charge in [0.15, 0.2) is 5.75 Å². The van der Waals surface area contributed by atoms with Crippen molar-refractivity contribution in [2.75, 3.05) is 12.0 Å². The van der Waals surface area contributed by atoms with Gasteiger partial charge in [-0.3, -0.25) is 9.11 Å². The van der Waals surface area contributed by atoms with Crippen molar-refractivity contribution in [2.24, 2.45) is 20.5 Å². The third-order valence-corrected chi connectivity index (χ3v) is 5.74. The number of nitrogen functional groups attached to an aromatic ring is 1. The van der Waals surface area contributed by atoms with E-state index in [4.69, 9.17) is 22.9 Å². The fourth-order valence-corrected chi connectivity index (χ4v) is 3.81. The summed E-state index contributed by atoms with van der Waals surface area (Å²) in [6.07, 6.45) is 0.715. The molecule has 0 aliphatic heterocycles. The number of nitrogens with zero attached hydrogens (tertiary/aromatic N) is 4. The van der Waals surface area contributed by atoms with Gasteiger partial charge in [0.05, 0.1) is 23.0 Å². The van der Waals surface area contributed by atoms with Crippen molar-refractivity contribution in [1.82, 2.24) is 0 Å². The third-order valence-electron chi connectivity index (χ3n) is 4.84. The fourth-order valence-electron chi connectivity index (χ4n) is 3.21. The highest BCUT2D eigenvalue weighted by atomic mass is 32.2. The van der Waals surface area contributed by atoms with Gasteiger partial charge in [-0.1, -0.05) is 64.1 Å². The first-order valence-electron chi connectivity index (χ1n) is 13.2. The third kappa shape index (κ3) is 14.9. The van der Waals surface area contributed by atoms with E-state index in [1.807, 2.05) is 45.9 Å². The van der Waals surface area contributed by atoms with Crippen molar-refractivity contribution in [2.45, 2.75) is 39.5 Å². The van der Waals surface area contributed by atoms with Gasteiger partial charge in [0.1, 0.15) is 22.0 Å². The molecule has 0 spiro atoms. The van der Waals surface area contributed by atoms with Crippen LogP contribution in [0.5, 0.6) is 5.75 Å². The molecule has 0 aliphatic carbocycles. The highest BCUT2D eigenvalue weighted by Crippen LogP contribution is 2.42. The smallest absolute Gasteiger partial charge is 0.425 e. The van der Waals surface area contributed by atoms with E-state index in [1.54, 1.807) is 37.3 Å². The molecule has 5 N–H and O–H groups in total. The van der Waals surface area contributed by atoms with Crippen LogP contribution in [-0.2, 0) is 30.8 Å². The predicted molar refractivity (Wildman–Crippen MR) is 176 cm³/mol. The molecule has 250 valence electrons. The van der Waals surface area contributed by atoms with Crippen LogP contribution in [0.1, 0.15) is 33.3 Å². The lowest BCUT2D eigenvalue weighted by Gasteiger charge is -2.09. The number of phenolic OH excluding ortho intramolecular Hbond substituents is 1. The first-order valence-corrected chi connectivity index (χ1v) is 17.5. The van der Waals surface area contributed by atoms with Crippen molar-refractivity contribution in [3.63, 3.8) is 0 Å². The van der Waals surface area contributed by atoms with Gasteiger partial charge < -0.3 is 10.8 Å². The molecule has 18 heteroatoms. The molecule has 0 unspecified atom stereocenters. The molecule has 0 radical (unpaired) electrons. The van der Waals surface area contributed by atoms with Gasteiger partial charge in [-0.25, -0.2) is 0 Å². The van der Waals surface area contributed by atoms with E-state index < -0.39 is 30.8 Å². The Hall–Kier alpha value is -4.62. The molecule has 0 fully saturated rings. The maximum atomic E-state index is 11.6. The van der Waals surface area contributed by atoms with Crippen molar-refractivity contribution in [3.05, 3.63) is 78.4 Å². The van der Waals surface area contributed by atoms with Gasteiger partial charge in [0.25, 0.3) is 20.2 Å². The summed E-state index contributed by atoms with van der Waals surface area (Å²) in [6.45, 7) is 9.74. The Balaban J connectivity index is 0.00000134. The minimum atomic E-state index is -4.50. The number of anilines is 1. The average molecular weight is 698 g/mol. The summed E-state index contributed by atoms with van der Waals surface area (Å²) >= 11 is 0. The Morgan fingerprint density at radius 2 is 1.15 bits per heavy atom. The van der Waals surface area contributed by atoms with Crippen LogP contribution in [-0.4, -0.2) is 49.9 Å². The topological polar surface area (TPSA) is 256 Å². The number of aromatic hydroxyl groups is 1. The monoisotopic (exact) mass is 697 g/mol. The minimum absolute atomic E-state index is 0.0598. The van der Waals surface area contributed by atoms with Crippen LogP contribution in [0.2, 0.25) is 0 Å². The average Bonchev–Trinajstić information content (AvgIpc) is 2.97. The van der Waals surface area contributed by atoms with E-state index in [0.29, 0.717) is 28.4 Å². The molecule has 0 aromatic heterocycles. The number of rotatable bonds is 5. The zero-order chi connectivity index (χ0) is 35.7. The van der Waals surface area contributed by atoms with Crippen molar-refractivity contribution in [1.29, 1.82) is 0 Å². The number of hydrogen-bond acceptors (Lipinski definition) is 13. The highest BCUT2D eigenvalue weighted by Gasteiger charge is 2.16.